The number of nitrogens with zero attached hydrogens (tertiary/aromatic N) is 2. The molecule has 0 saturated carbocycles. The Morgan fingerprint density at radius 1 is 1.00 bits per heavy atom. The van der Waals surface area contributed by atoms with Crippen LogP contribution in [0.15, 0.2) is 59.4 Å². The van der Waals surface area contributed by atoms with Crippen molar-refractivity contribution in [3.05, 3.63) is 87.2 Å². The molecule has 0 atom stereocenters. The van der Waals surface area contributed by atoms with Crippen molar-refractivity contribution in [2.45, 2.75) is 26.0 Å². The van der Waals surface area contributed by atoms with Gasteiger partial charge in [0.15, 0.2) is 0 Å². The third kappa shape index (κ3) is 5.11. The van der Waals surface area contributed by atoms with E-state index in [1.54, 1.807) is 25.1 Å². The predicted molar refractivity (Wildman–Crippen MR) is 103 cm³/mol. The molecule has 0 radical (unpaired) electrons. The minimum Gasteiger partial charge on any atom is -0.406 e. The first-order chi connectivity index (χ1) is 14.9. The van der Waals surface area contributed by atoms with Crippen molar-refractivity contribution < 1.29 is 31.1 Å². The Labute approximate surface area is 177 Å². The van der Waals surface area contributed by atoms with Gasteiger partial charge in [0.1, 0.15) is 17.4 Å². The van der Waals surface area contributed by atoms with E-state index in [9.17, 15) is 36.4 Å². The molecule has 0 aliphatic carbocycles. The molecule has 0 amide bonds. The van der Waals surface area contributed by atoms with Crippen molar-refractivity contribution >= 4 is 0 Å². The van der Waals surface area contributed by atoms with Crippen LogP contribution in [0.1, 0.15) is 22.3 Å². The Morgan fingerprint density at radius 3 is 2.19 bits per heavy atom. The molecule has 0 bridgehead atoms. The lowest BCUT2D eigenvalue weighted by molar-refractivity contribution is -0.274. The number of alkyl halides is 6. The second-order valence-electron chi connectivity index (χ2n) is 6.88. The Balaban J connectivity index is 2.16. The molecule has 10 heteroatoms. The van der Waals surface area contributed by atoms with Gasteiger partial charge in [-0.1, -0.05) is 35.9 Å². The summed E-state index contributed by atoms with van der Waals surface area (Å²) in [6.07, 6.45) is -9.82. The molecule has 32 heavy (non-hydrogen) atoms. The second kappa shape index (κ2) is 8.42. The van der Waals surface area contributed by atoms with Crippen LogP contribution in [0.25, 0.3) is 11.3 Å². The molecule has 3 rings (SSSR count). The highest BCUT2D eigenvalue weighted by Gasteiger charge is 2.36. The van der Waals surface area contributed by atoms with E-state index < -0.39 is 35.0 Å². The van der Waals surface area contributed by atoms with Crippen molar-refractivity contribution in [3.63, 3.8) is 0 Å². The van der Waals surface area contributed by atoms with Gasteiger partial charge < -0.3 is 9.30 Å². The molecule has 4 nitrogen and oxygen atoms in total. The second-order valence-corrected chi connectivity index (χ2v) is 6.88. The van der Waals surface area contributed by atoms with Crippen molar-refractivity contribution in [2.24, 2.45) is 0 Å². The summed E-state index contributed by atoms with van der Waals surface area (Å²) in [6.45, 7) is 1.45. The highest BCUT2D eigenvalue weighted by Crippen LogP contribution is 2.34. The molecular weight excluding hydrogens is 438 g/mol. The maximum Gasteiger partial charge on any atom is 0.573 e. The lowest BCUT2D eigenvalue weighted by Crippen LogP contribution is -2.28. The smallest absolute Gasteiger partial charge is 0.406 e. The molecule has 0 saturated heterocycles. The summed E-state index contributed by atoms with van der Waals surface area (Å²) in [5, 5.41) is 9.22. The first-order valence-electron chi connectivity index (χ1n) is 9.06. The van der Waals surface area contributed by atoms with Crippen LogP contribution in [0.4, 0.5) is 26.3 Å². The molecule has 0 N–H and O–H groups in total. The van der Waals surface area contributed by atoms with E-state index in [1.807, 2.05) is 0 Å². The average molecular weight is 452 g/mol. The van der Waals surface area contributed by atoms with Crippen LogP contribution in [-0.4, -0.2) is 10.9 Å². The summed E-state index contributed by atoms with van der Waals surface area (Å²) in [6, 6.07) is 13.0. The maximum atomic E-state index is 13.5. The number of aromatic nitrogens is 1. The van der Waals surface area contributed by atoms with Crippen LogP contribution in [-0.2, 0) is 12.7 Å². The highest BCUT2D eigenvalue weighted by atomic mass is 19.4. The van der Waals surface area contributed by atoms with E-state index in [1.165, 1.54) is 24.3 Å². The van der Waals surface area contributed by atoms with Gasteiger partial charge in [0.25, 0.3) is 5.56 Å². The number of ether oxygens (including phenoxy) is 1. The highest BCUT2D eigenvalue weighted by molar-refractivity contribution is 5.63. The topological polar surface area (TPSA) is 55.0 Å². The van der Waals surface area contributed by atoms with Crippen LogP contribution < -0.4 is 10.3 Å². The summed E-state index contributed by atoms with van der Waals surface area (Å²) in [5.74, 6) is -0.488. The summed E-state index contributed by atoms with van der Waals surface area (Å²) in [7, 11) is 0. The molecule has 0 fully saturated rings. The van der Waals surface area contributed by atoms with Gasteiger partial charge in [-0.2, -0.15) is 18.4 Å². The normalized spacial score (nSPS) is 11.8. The average Bonchev–Trinajstić information content (AvgIpc) is 2.68. The summed E-state index contributed by atoms with van der Waals surface area (Å²) in [4.78, 5) is 12.9. The number of nitriles is 1. The van der Waals surface area contributed by atoms with Crippen molar-refractivity contribution in [2.75, 3.05) is 0 Å². The standard InChI is InChI=1S/C22H14F6N2O2/c1-13-3-2-4-15(9-13)19-10-18(21(23,24)25)17(11-29)20(31)30(19)12-14-5-7-16(8-6-14)32-22(26,27)28/h2-10H,12H2,1H3. The zero-order valence-corrected chi connectivity index (χ0v) is 16.4. The van der Waals surface area contributed by atoms with Gasteiger partial charge in [0.2, 0.25) is 0 Å². The van der Waals surface area contributed by atoms with E-state index in [0.29, 0.717) is 11.1 Å². The van der Waals surface area contributed by atoms with E-state index in [2.05, 4.69) is 4.74 Å². The molecule has 2 aromatic carbocycles. The van der Waals surface area contributed by atoms with Crippen LogP contribution in [0.5, 0.6) is 5.75 Å². The number of halogens is 6. The zero-order chi connectivity index (χ0) is 23.7. The molecule has 166 valence electrons. The first kappa shape index (κ1) is 22.9. The van der Waals surface area contributed by atoms with Crippen molar-refractivity contribution in [3.8, 4) is 23.1 Å². The molecule has 0 spiro atoms. The summed E-state index contributed by atoms with van der Waals surface area (Å²) in [5.41, 5.74) is -2.30. The fourth-order valence-electron chi connectivity index (χ4n) is 3.16. The Hall–Kier alpha value is -3.74. The van der Waals surface area contributed by atoms with E-state index in [4.69, 9.17) is 0 Å². The van der Waals surface area contributed by atoms with Gasteiger partial charge in [0, 0.05) is 0 Å². The lowest BCUT2D eigenvalue weighted by Gasteiger charge is -2.18. The zero-order valence-electron chi connectivity index (χ0n) is 16.4. The first-order valence-corrected chi connectivity index (χ1v) is 9.06. The molecule has 1 aromatic heterocycles. The van der Waals surface area contributed by atoms with E-state index in [-0.39, 0.29) is 12.2 Å². The SMILES string of the molecule is Cc1cccc(-c2cc(C(F)(F)F)c(C#N)c(=O)n2Cc2ccc(OC(F)(F)F)cc2)c1. The minimum absolute atomic E-state index is 0.0827. The minimum atomic E-state index is -4.93. The van der Waals surface area contributed by atoms with Crippen LogP contribution in [0.3, 0.4) is 0 Å². The monoisotopic (exact) mass is 452 g/mol. The van der Waals surface area contributed by atoms with Crippen molar-refractivity contribution in [1.82, 2.24) is 4.57 Å². The van der Waals surface area contributed by atoms with Crippen LogP contribution in [0.2, 0.25) is 0 Å². The van der Waals surface area contributed by atoms with Crippen molar-refractivity contribution in [1.29, 1.82) is 5.26 Å². The van der Waals surface area contributed by atoms with Crippen LogP contribution >= 0.6 is 0 Å². The summed E-state index contributed by atoms with van der Waals surface area (Å²) < 4.78 is 82.4. The lowest BCUT2D eigenvalue weighted by atomic mass is 10.0. The number of rotatable bonds is 4. The largest absolute Gasteiger partial charge is 0.573 e. The van der Waals surface area contributed by atoms with Gasteiger partial charge in [-0.15, -0.1) is 13.2 Å². The van der Waals surface area contributed by atoms with Crippen LogP contribution in [0, 0.1) is 18.3 Å². The van der Waals surface area contributed by atoms with Gasteiger partial charge in [0.05, 0.1) is 17.8 Å². The quantitative estimate of drug-likeness (QED) is 0.480. The number of hydrogen-bond acceptors (Lipinski definition) is 3. The van der Waals surface area contributed by atoms with E-state index >= 15 is 0 Å². The summed E-state index contributed by atoms with van der Waals surface area (Å²) >= 11 is 0. The third-order valence-electron chi connectivity index (χ3n) is 4.53. The molecule has 0 aliphatic heterocycles. The van der Waals surface area contributed by atoms with Gasteiger partial charge in [-0.3, -0.25) is 4.79 Å². The maximum absolute atomic E-state index is 13.5. The third-order valence-corrected chi connectivity index (χ3v) is 4.53. The van der Waals surface area contributed by atoms with Gasteiger partial charge in [-0.05, 0) is 42.3 Å². The fourth-order valence-corrected chi connectivity index (χ4v) is 3.16. The molecule has 0 aliphatic rings. The fraction of sp³-hybridized carbons (Fsp3) is 0.182. The molecule has 0 unspecified atom stereocenters. The van der Waals surface area contributed by atoms with E-state index in [0.717, 1.165) is 28.3 Å². The molecule has 1 heterocycles. The molecular formula is C22H14F6N2O2. The predicted octanol–water partition coefficient (Wildman–Crippen LogP) is 5.66. The van der Waals surface area contributed by atoms with Gasteiger partial charge >= 0.3 is 12.5 Å². The Morgan fingerprint density at radius 2 is 1.66 bits per heavy atom. The number of aryl methyl sites for hydroxylation is 1. The number of pyridine rings is 1. The molecule has 3 aromatic rings. The number of benzene rings is 2. The number of hydrogen-bond donors (Lipinski definition) is 0. The Kier molecular flexibility index (Phi) is 6.03. The van der Waals surface area contributed by atoms with Gasteiger partial charge in [-0.25, -0.2) is 0 Å². The Bertz CT molecular complexity index is 1240.